The van der Waals surface area contributed by atoms with E-state index in [-0.39, 0.29) is 34.0 Å². The van der Waals surface area contributed by atoms with Gasteiger partial charge in [-0.15, -0.1) is 0 Å². The molecule has 3 atom stereocenters. The second-order valence-electron chi connectivity index (χ2n) is 9.31. The summed E-state index contributed by atoms with van der Waals surface area (Å²) >= 11 is 0. The maximum absolute atomic E-state index is 13.1. The van der Waals surface area contributed by atoms with Gasteiger partial charge in [0.2, 0.25) is 15.9 Å². The Morgan fingerprint density at radius 3 is 2.30 bits per heavy atom. The van der Waals surface area contributed by atoms with E-state index >= 15 is 0 Å². The van der Waals surface area contributed by atoms with E-state index in [1.165, 1.54) is 16.4 Å². The molecule has 1 amide bonds. The number of sulfonamides is 1. The number of hydrogen-bond acceptors (Lipinski definition) is 6. The van der Waals surface area contributed by atoms with Gasteiger partial charge in [-0.1, -0.05) is 13.8 Å². The normalized spacial score (nSPS) is 21.7. The monoisotopic (exact) mass is 440 g/mol. The van der Waals surface area contributed by atoms with Crippen LogP contribution in [0.25, 0.3) is 0 Å². The average Bonchev–Trinajstić information content (AvgIpc) is 2.59. The number of benzene rings is 1. The van der Waals surface area contributed by atoms with Gasteiger partial charge in [-0.2, -0.15) is 4.31 Å². The molecule has 168 valence electrons. The van der Waals surface area contributed by atoms with Crippen LogP contribution in [0.5, 0.6) is 0 Å². The van der Waals surface area contributed by atoms with Crippen LogP contribution in [0.15, 0.2) is 23.1 Å². The number of piperidine rings is 1. The molecule has 1 aromatic carbocycles. The van der Waals surface area contributed by atoms with Crippen molar-refractivity contribution < 1.29 is 18.1 Å². The number of amides is 1. The fraction of sp³-hybridized carbons (Fsp3) is 0.650. The molecule has 1 aromatic rings. The number of carbonyl (C=O) groups excluding carboxylic acids is 1. The quantitative estimate of drug-likeness (QED) is 0.518. The lowest BCUT2D eigenvalue weighted by Gasteiger charge is -2.34. The van der Waals surface area contributed by atoms with Crippen LogP contribution in [0.2, 0.25) is 0 Å². The first-order chi connectivity index (χ1) is 13.7. The third-order valence-electron chi connectivity index (χ3n) is 4.90. The summed E-state index contributed by atoms with van der Waals surface area (Å²) in [4.78, 5) is 23.2. The summed E-state index contributed by atoms with van der Waals surface area (Å²) in [5.41, 5.74) is -0.736. The van der Waals surface area contributed by atoms with E-state index in [0.29, 0.717) is 13.1 Å². The summed E-state index contributed by atoms with van der Waals surface area (Å²) in [6, 6.07) is 3.02. The van der Waals surface area contributed by atoms with Crippen molar-refractivity contribution in [2.45, 2.75) is 64.4 Å². The van der Waals surface area contributed by atoms with Crippen molar-refractivity contribution in [1.29, 1.82) is 0 Å². The van der Waals surface area contributed by atoms with E-state index in [2.05, 4.69) is 10.6 Å². The Balaban J connectivity index is 2.31. The highest BCUT2D eigenvalue weighted by molar-refractivity contribution is 7.89. The van der Waals surface area contributed by atoms with Crippen molar-refractivity contribution >= 4 is 27.3 Å². The lowest BCUT2D eigenvalue weighted by molar-refractivity contribution is -0.384. The first-order valence-corrected chi connectivity index (χ1v) is 11.5. The van der Waals surface area contributed by atoms with Crippen molar-refractivity contribution in [2.75, 3.05) is 18.4 Å². The molecule has 9 nitrogen and oxygen atoms in total. The molecule has 0 bridgehead atoms. The predicted molar refractivity (Wildman–Crippen MR) is 116 cm³/mol. The maximum atomic E-state index is 13.1. The summed E-state index contributed by atoms with van der Waals surface area (Å²) < 4.78 is 27.5. The van der Waals surface area contributed by atoms with Crippen LogP contribution >= 0.6 is 0 Å². The van der Waals surface area contributed by atoms with Crippen molar-refractivity contribution in [1.82, 2.24) is 9.62 Å². The number of anilines is 1. The summed E-state index contributed by atoms with van der Waals surface area (Å²) in [6.07, 6.45) is 0.948. The summed E-state index contributed by atoms with van der Waals surface area (Å²) in [5.74, 6) is 0.132. The number of rotatable bonds is 6. The van der Waals surface area contributed by atoms with Crippen LogP contribution in [-0.2, 0) is 14.8 Å². The van der Waals surface area contributed by atoms with Crippen LogP contribution in [0, 0.1) is 22.0 Å². The Morgan fingerprint density at radius 2 is 1.80 bits per heavy atom. The van der Waals surface area contributed by atoms with E-state index < -0.39 is 26.5 Å². The van der Waals surface area contributed by atoms with Crippen LogP contribution in [0.4, 0.5) is 11.4 Å². The number of nitrogens with zero attached hydrogens (tertiary/aromatic N) is 2. The fourth-order valence-electron chi connectivity index (χ4n) is 3.67. The van der Waals surface area contributed by atoms with Crippen LogP contribution < -0.4 is 10.6 Å². The topological polar surface area (TPSA) is 122 Å². The maximum Gasteiger partial charge on any atom is 0.293 e. The van der Waals surface area contributed by atoms with Gasteiger partial charge in [0.05, 0.1) is 9.82 Å². The van der Waals surface area contributed by atoms with Gasteiger partial charge in [-0.3, -0.25) is 14.9 Å². The SMILES string of the molecule is C[C@@H]1C[C@H](C)CN(S(=O)(=O)c2ccc(N[C@@H](C)C(=O)NC(C)(C)C)c([N+](=O)[O-])c2)C1. The highest BCUT2D eigenvalue weighted by Crippen LogP contribution is 2.32. The Kier molecular flexibility index (Phi) is 7.13. The van der Waals surface area contributed by atoms with E-state index in [0.717, 1.165) is 12.5 Å². The number of carbonyl (C=O) groups is 1. The predicted octanol–water partition coefficient (Wildman–Crippen LogP) is 2.98. The summed E-state index contributed by atoms with van der Waals surface area (Å²) in [5, 5.41) is 17.2. The average molecular weight is 441 g/mol. The van der Waals surface area contributed by atoms with Gasteiger partial charge in [-0.25, -0.2) is 8.42 Å². The number of nitro groups is 1. The molecule has 0 unspecified atom stereocenters. The van der Waals surface area contributed by atoms with Crippen molar-refractivity contribution in [3.63, 3.8) is 0 Å². The molecular weight excluding hydrogens is 408 g/mol. The van der Waals surface area contributed by atoms with E-state index in [1.54, 1.807) is 6.92 Å². The van der Waals surface area contributed by atoms with Crippen molar-refractivity contribution in [3.05, 3.63) is 28.3 Å². The zero-order valence-corrected chi connectivity index (χ0v) is 19.2. The molecule has 0 radical (unpaired) electrons. The molecule has 2 rings (SSSR count). The van der Waals surface area contributed by atoms with Crippen LogP contribution in [-0.4, -0.2) is 48.2 Å². The number of nitrogens with one attached hydrogen (secondary N) is 2. The minimum atomic E-state index is -3.85. The Labute approximate surface area is 178 Å². The van der Waals surface area contributed by atoms with Crippen molar-refractivity contribution in [3.8, 4) is 0 Å². The third-order valence-corrected chi connectivity index (χ3v) is 6.73. The Morgan fingerprint density at radius 1 is 1.23 bits per heavy atom. The lowest BCUT2D eigenvalue weighted by Crippen LogP contribution is -2.47. The molecule has 1 fully saturated rings. The molecule has 2 N–H and O–H groups in total. The zero-order chi connectivity index (χ0) is 22.9. The third kappa shape index (κ3) is 5.91. The lowest BCUT2D eigenvalue weighted by atomic mass is 9.94. The highest BCUT2D eigenvalue weighted by atomic mass is 32.2. The first kappa shape index (κ1) is 24.1. The smallest absolute Gasteiger partial charge is 0.293 e. The molecule has 1 saturated heterocycles. The van der Waals surface area contributed by atoms with Gasteiger partial charge in [-0.05, 0) is 58.1 Å². The van der Waals surface area contributed by atoms with Gasteiger partial charge in [0.1, 0.15) is 11.7 Å². The minimum absolute atomic E-state index is 0.0934. The summed E-state index contributed by atoms with van der Waals surface area (Å²) in [7, 11) is -3.85. The molecule has 1 aliphatic heterocycles. The molecule has 0 spiro atoms. The van der Waals surface area contributed by atoms with Gasteiger partial charge < -0.3 is 10.6 Å². The fourth-order valence-corrected chi connectivity index (χ4v) is 5.37. The van der Waals surface area contributed by atoms with Gasteiger partial charge >= 0.3 is 0 Å². The molecular formula is C20H32N4O5S. The molecule has 30 heavy (non-hydrogen) atoms. The largest absolute Gasteiger partial charge is 0.368 e. The highest BCUT2D eigenvalue weighted by Gasteiger charge is 2.33. The van der Waals surface area contributed by atoms with Crippen LogP contribution in [0.1, 0.15) is 48.0 Å². The van der Waals surface area contributed by atoms with E-state index in [4.69, 9.17) is 0 Å². The number of nitro benzene ring substituents is 1. The standard InChI is InChI=1S/C20H32N4O5S/c1-13-9-14(2)12-23(11-13)30(28,29)16-7-8-17(18(10-16)24(26)27)21-15(3)19(25)22-20(4,5)6/h7-8,10,13-15,21H,9,11-12H2,1-6H3,(H,22,25)/t13-,14+,15-/m0/s1. The molecule has 10 heteroatoms. The Bertz CT molecular complexity index is 900. The second-order valence-corrected chi connectivity index (χ2v) is 11.2. The first-order valence-electron chi connectivity index (χ1n) is 10.1. The van der Waals surface area contributed by atoms with E-state index in [1.807, 2.05) is 34.6 Å². The van der Waals surface area contributed by atoms with Crippen molar-refractivity contribution in [2.24, 2.45) is 11.8 Å². The molecule has 1 aliphatic rings. The van der Waals surface area contributed by atoms with Crippen LogP contribution in [0.3, 0.4) is 0 Å². The Hall–Kier alpha value is -2.20. The summed E-state index contributed by atoms with van der Waals surface area (Å²) in [6.45, 7) is 11.9. The van der Waals surface area contributed by atoms with Gasteiger partial charge in [0, 0.05) is 24.7 Å². The molecule has 0 aliphatic carbocycles. The van der Waals surface area contributed by atoms with Gasteiger partial charge in [0.15, 0.2) is 0 Å². The minimum Gasteiger partial charge on any atom is -0.368 e. The zero-order valence-electron chi connectivity index (χ0n) is 18.4. The molecule has 1 heterocycles. The second kappa shape index (κ2) is 8.89. The molecule has 0 saturated carbocycles. The van der Waals surface area contributed by atoms with Gasteiger partial charge in [0.25, 0.3) is 5.69 Å². The molecule has 0 aromatic heterocycles. The van der Waals surface area contributed by atoms with E-state index in [9.17, 15) is 23.3 Å². The number of hydrogen-bond donors (Lipinski definition) is 2.